The third-order valence-electron chi connectivity index (χ3n) is 3.73. The maximum absolute atomic E-state index is 6.03. The Balaban J connectivity index is 2.54. The van der Waals surface area contributed by atoms with Crippen molar-refractivity contribution >= 4 is 22.8 Å². The van der Waals surface area contributed by atoms with Crippen LogP contribution in [0, 0.1) is 0 Å². The van der Waals surface area contributed by atoms with Gasteiger partial charge >= 0.3 is 0 Å². The number of methoxy groups -OCH3 is 1. The molecule has 0 spiro atoms. The summed E-state index contributed by atoms with van der Waals surface area (Å²) in [6, 6.07) is 3.73. The van der Waals surface area contributed by atoms with Gasteiger partial charge in [-0.25, -0.2) is 4.98 Å². The van der Waals surface area contributed by atoms with Crippen LogP contribution in [0.15, 0.2) is 12.1 Å². The monoisotopic (exact) mass is 296 g/mol. The Bertz CT molecular complexity index is 606. The molecule has 2 aromatic rings. The molecule has 0 saturated heterocycles. The Kier molecular flexibility index (Phi) is 4.20. The second-order valence-electron chi connectivity index (χ2n) is 5.65. The second kappa shape index (κ2) is 5.58. The quantitative estimate of drug-likeness (QED) is 0.795. The zero-order chi connectivity index (χ0) is 14.9. The molecule has 20 heavy (non-hydrogen) atoms. The molecule has 0 aliphatic heterocycles. The van der Waals surface area contributed by atoms with Gasteiger partial charge in [0.25, 0.3) is 0 Å². The van der Waals surface area contributed by atoms with Gasteiger partial charge in [-0.05, 0) is 34.0 Å². The average Bonchev–Trinajstić information content (AvgIpc) is 2.75. The minimum absolute atomic E-state index is 0.0286. The molecule has 0 bridgehead atoms. The van der Waals surface area contributed by atoms with E-state index in [-0.39, 0.29) is 5.54 Å². The Morgan fingerprint density at radius 1 is 1.30 bits per heavy atom. The topological polar surface area (TPSA) is 43.2 Å². The number of nitrogens with zero attached hydrogens (tertiary/aromatic N) is 4. The van der Waals surface area contributed by atoms with Gasteiger partial charge in [-0.1, -0.05) is 0 Å². The molecule has 0 radical (unpaired) electrons. The first-order valence-corrected chi connectivity index (χ1v) is 7.06. The maximum atomic E-state index is 6.03. The number of ether oxygens (including phenoxy) is 1. The zero-order valence-corrected chi connectivity index (χ0v) is 13.4. The van der Waals surface area contributed by atoms with Gasteiger partial charge in [0.2, 0.25) is 5.88 Å². The second-order valence-corrected chi connectivity index (χ2v) is 5.92. The first-order valence-electron chi connectivity index (χ1n) is 6.52. The van der Waals surface area contributed by atoms with Gasteiger partial charge in [-0.15, -0.1) is 11.6 Å². The summed E-state index contributed by atoms with van der Waals surface area (Å²) in [5, 5.41) is 0. The van der Waals surface area contributed by atoms with E-state index in [1.54, 1.807) is 7.11 Å². The molecule has 2 rings (SSSR count). The van der Waals surface area contributed by atoms with Crippen LogP contribution in [0.4, 0.5) is 0 Å². The van der Waals surface area contributed by atoms with Crippen molar-refractivity contribution in [3.8, 4) is 5.88 Å². The molecular formula is C14H21ClN4O. The molecule has 0 aliphatic rings. The summed E-state index contributed by atoms with van der Waals surface area (Å²) in [4.78, 5) is 11.2. The van der Waals surface area contributed by atoms with Crippen molar-refractivity contribution in [3.05, 3.63) is 18.0 Å². The predicted molar refractivity (Wildman–Crippen MR) is 81.4 cm³/mol. The summed E-state index contributed by atoms with van der Waals surface area (Å²) in [6.45, 7) is 5.12. The molecule has 0 atom stereocenters. The van der Waals surface area contributed by atoms with Crippen LogP contribution in [0.25, 0.3) is 11.2 Å². The number of hydrogen-bond donors (Lipinski definition) is 0. The van der Waals surface area contributed by atoms with Gasteiger partial charge < -0.3 is 14.2 Å². The molecule has 0 fully saturated rings. The minimum Gasteiger partial charge on any atom is -0.481 e. The number of likely N-dealkylation sites (N-methyl/N-ethyl adjacent to an activating group) is 1. The first kappa shape index (κ1) is 15.1. The molecule has 0 N–H and O–H groups in total. The number of alkyl halides is 1. The van der Waals surface area contributed by atoms with Crippen molar-refractivity contribution in [1.82, 2.24) is 19.4 Å². The molecular weight excluding hydrogens is 276 g/mol. The number of hydrogen-bond acceptors (Lipinski definition) is 4. The Morgan fingerprint density at radius 2 is 2.00 bits per heavy atom. The van der Waals surface area contributed by atoms with Gasteiger partial charge in [0.05, 0.1) is 13.0 Å². The van der Waals surface area contributed by atoms with E-state index in [1.807, 2.05) is 12.1 Å². The van der Waals surface area contributed by atoms with Crippen molar-refractivity contribution in [2.75, 3.05) is 21.2 Å². The molecule has 0 amide bonds. The fourth-order valence-electron chi connectivity index (χ4n) is 1.94. The zero-order valence-electron chi connectivity index (χ0n) is 12.6. The van der Waals surface area contributed by atoms with E-state index in [2.05, 4.69) is 47.4 Å². The number of halogens is 1. The Hall–Kier alpha value is -1.33. The third-order valence-corrected chi connectivity index (χ3v) is 3.97. The fourth-order valence-corrected chi connectivity index (χ4v) is 2.15. The van der Waals surface area contributed by atoms with Crippen LogP contribution < -0.4 is 4.74 Å². The highest BCUT2D eigenvalue weighted by Gasteiger charge is 2.24. The lowest BCUT2D eigenvalue weighted by molar-refractivity contribution is 0.170. The molecule has 2 aromatic heterocycles. The van der Waals surface area contributed by atoms with Crippen LogP contribution in [-0.4, -0.2) is 46.2 Å². The fraction of sp³-hybridized carbons (Fsp3) is 0.571. The standard InChI is InChI=1S/C14H21ClN4O/c1-14(2,18(3)4)9-19-11(8-15)16-10-6-7-12(20-5)17-13(10)19/h6-7H,8-9H2,1-5H3. The minimum atomic E-state index is -0.0286. The summed E-state index contributed by atoms with van der Waals surface area (Å²) < 4.78 is 7.28. The smallest absolute Gasteiger partial charge is 0.215 e. The van der Waals surface area contributed by atoms with Gasteiger partial charge in [0.1, 0.15) is 11.3 Å². The van der Waals surface area contributed by atoms with Gasteiger partial charge in [-0.2, -0.15) is 4.98 Å². The molecule has 0 unspecified atom stereocenters. The molecule has 0 aromatic carbocycles. The molecule has 5 nitrogen and oxygen atoms in total. The van der Waals surface area contributed by atoms with E-state index >= 15 is 0 Å². The molecule has 0 aliphatic carbocycles. The average molecular weight is 297 g/mol. The van der Waals surface area contributed by atoms with Crippen LogP contribution >= 0.6 is 11.6 Å². The van der Waals surface area contributed by atoms with Crippen molar-refractivity contribution in [2.45, 2.75) is 31.8 Å². The Morgan fingerprint density at radius 3 is 2.55 bits per heavy atom. The summed E-state index contributed by atoms with van der Waals surface area (Å²) in [5.74, 6) is 1.78. The van der Waals surface area contributed by atoms with E-state index in [0.29, 0.717) is 11.8 Å². The first-order chi connectivity index (χ1) is 9.39. The SMILES string of the molecule is COc1ccc2nc(CCl)n(CC(C)(C)N(C)C)c2n1. The number of pyridine rings is 1. The van der Waals surface area contributed by atoms with Gasteiger partial charge in [0, 0.05) is 18.2 Å². The van der Waals surface area contributed by atoms with E-state index < -0.39 is 0 Å². The normalized spacial score (nSPS) is 12.3. The van der Waals surface area contributed by atoms with Crippen molar-refractivity contribution in [1.29, 1.82) is 0 Å². The van der Waals surface area contributed by atoms with Crippen LogP contribution in [0.1, 0.15) is 19.7 Å². The predicted octanol–water partition coefficient (Wildman–Crippen LogP) is 2.52. The molecule has 2 heterocycles. The Labute approximate surface area is 124 Å². The summed E-state index contributed by atoms with van der Waals surface area (Å²) >= 11 is 6.03. The largest absolute Gasteiger partial charge is 0.481 e. The van der Waals surface area contributed by atoms with Crippen molar-refractivity contribution in [2.24, 2.45) is 0 Å². The third kappa shape index (κ3) is 2.74. The lowest BCUT2D eigenvalue weighted by atomic mass is 10.0. The molecule has 0 saturated carbocycles. The maximum Gasteiger partial charge on any atom is 0.215 e. The van der Waals surface area contributed by atoms with Crippen molar-refractivity contribution in [3.63, 3.8) is 0 Å². The van der Waals surface area contributed by atoms with E-state index in [1.165, 1.54) is 0 Å². The summed E-state index contributed by atoms with van der Waals surface area (Å²) in [5.41, 5.74) is 1.63. The van der Waals surface area contributed by atoms with E-state index in [9.17, 15) is 0 Å². The highest BCUT2D eigenvalue weighted by atomic mass is 35.5. The summed E-state index contributed by atoms with van der Waals surface area (Å²) in [7, 11) is 5.74. The number of aromatic nitrogens is 3. The molecule has 6 heteroatoms. The van der Waals surface area contributed by atoms with Crippen LogP contribution in [0.2, 0.25) is 0 Å². The highest BCUT2D eigenvalue weighted by Crippen LogP contribution is 2.23. The van der Waals surface area contributed by atoms with E-state index in [0.717, 1.165) is 23.5 Å². The van der Waals surface area contributed by atoms with Crippen LogP contribution in [-0.2, 0) is 12.4 Å². The number of rotatable bonds is 5. The van der Waals surface area contributed by atoms with Gasteiger partial charge in [-0.3, -0.25) is 0 Å². The molecule has 110 valence electrons. The lowest BCUT2D eigenvalue weighted by Gasteiger charge is -2.33. The highest BCUT2D eigenvalue weighted by molar-refractivity contribution is 6.16. The lowest BCUT2D eigenvalue weighted by Crippen LogP contribution is -2.42. The van der Waals surface area contributed by atoms with E-state index in [4.69, 9.17) is 16.3 Å². The number of imidazole rings is 1. The van der Waals surface area contributed by atoms with Crippen molar-refractivity contribution < 1.29 is 4.74 Å². The number of fused-ring (bicyclic) bond motifs is 1. The summed E-state index contributed by atoms with van der Waals surface area (Å²) in [6.07, 6.45) is 0. The van der Waals surface area contributed by atoms with Crippen LogP contribution in [0.3, 0.4) is 0 Å². The van der Waals surface area contributed by atoms with Crippen LogP contribution in [0.5, 0.6) is 5.88 Å². The van der Waals surface area contributed by atoms with Gasteiger partial charge in [0.15, 0.2) is 5.65 Å².